The molecule has 7 nitrogen and oxygen atoms in total. The number of esters is 1. The summed E-state index contributed by atoms with van der Waals surface area (Å²) in [6.45, 7) is 3.03. The van der Waals surface area contributed by atoms with E-state index >= 15 is 0 Å². The number of halogens is 3. The SMILES string of the molecule is CCOC(=O)c1cnc(C(=O)N(C)c2ccc(SC(F)(F)F)cc2)c(S(=O)(=O)CC)c1. The number of anilines is 1. The second kappa shape index (κ2) is 9.69. The first kappa shape index (κ1) is 24.7. The number of carbonyl (C=O) groups is 2. The predicted molar refractivity (Wildman–Crippen MR) is 109 cm³/mol. The fraction of sp³-hybridized carbons (Fsp3) is 0.316. The summed E-state index contributed by atoms with van der Waals surface area (Å²) in [7, 11) is -2.60. The summed E-state index contributed by atoms with van der Waals surface area (Å²) in [6.07, 6.45) is 1.04. The molecule has 0 atom stereocenters. The van der Waals surface area contributed by atoms with Gasteiger partial charge in [-0.1, -0.05) is 6.92 Å². The quantitative estimate of drug-likeness (QED) is 0.441. The molecule has 1 heterocycles. The molecule has 0 aliphatic heterocycles. The number of pyridine rings is 1. The molecule has 0 bridgehead atoms. The fourth-order valence-corrected chi connectivity index (χ4v) is 4.06. The Kier molecular flexibility index (Phi) is 7.71. The van der Waals surface area contributed by atoms with Crippen molar-refractivity contribution in [3.8, 4) is 0 Å². The number of hydrogen-bond donors (Lipinski definition) is 0. The number of hydrogen-bond acceptors (Lipinski definition) is 7. The van der Waals surface area contributed by atoms with E-state index < -0.39 is 37.8 Å². The summed E-state index contributed by atoms with van der Waals surface area (Å²) in [4.78, 5) is 29.3. The molecular formula is C19H19F3N2O5S2. The third-order valence-electron chi connectivity index (χ3n) is 4.04. The molecule has 0 radical (unpaired) electrons. The van der Waals surface area contributed by atoms with Crippen molar-refractivity contribution in [2.75, 3.05) is 24.3 Å². The number of benzene rings is 1. The van der Waals surface area contributed by atoms with E-state index in [0.717, 1.165) is 17.2 Å². The highest BCUT2D eigenvalue weighted by molar-refractivity contribution is 8.00. The van der Waals surface area contributed by atoms with Crippen LogP contribution in [0.1, 0.15) is 34.7 Å². The highest BCUT2D eigenvalue weighted by Crippen LogP contribution is 2.37. The molecule has 1 amide bonds. The molecule has 0 N–H and O–H groups in total. The molecule has 168 valence electrons. The minimum atomic E-state index is -4.45. The van der Waals surface area contributed by atoms with Gasteiger partial charge in [0.2, 0.25) is 0 Å². The summed E-state index contributed by atoms with van der Waals surface area (Å²) in [6, 6.07) is 6.02. The number of amides is 1. The Morgan fingerprint density at radius 2 is 1.77 bits per heavy atom. The number of carbonyl (C=O) groups excluding carboxylic acids is 2. The Morgan fingerprint density at radius 1 is 1.16 bits per heavy atom. The maximum absolute atomic E-state index is 12.9. The minimum Gasteiger partial charge on any atom is -0.462 e. The number of nitrogens with zero attached hydrogens (tertiary/aromatic N) is 2. The zero-order valence-corrected chi connectivity index (χ0v) is 18.4. The average Bonchev–Trinajstić information content (AvgIpc) is 2.72. The molecule has 31 heavy (non-hydrogen) atoms. The van der Waals surface area contributed by atoms with Crippen LogP contribution in [0.4, 0.5) is 18.9 Å². The molecule has 1 aromatic heterocycles. The van der Waals surface area contributed by atoms with E-state index in [1.54, 1.807) is 6.92 Å². The standard InChI is InChI=1S/C19H19F3N2O5S2/c1-4-29-18(26)12-10-15(31(27,28)5-2)16(23-11-12)17(25)24(3)13-6-8-14(9-7-13)30-19(20,21)22/h6-11H,4-5H2,1-3H3. The van der Waals surface area contributed by atoms with Crippen molar-refractivity contribution >= 4 is 39.2 Å². The lowest BCUT2D eigenvalue weighted by Gasteiger charge is -2.19. The maximum atomic E-state index is 12.9. The number of ether oxygens (including phenoxy) is 1. The van der Waals surface area contributed by atoms with Gasteiger partial charge in [-0.15, -0.1) is 0 Å². The third kappa shape index (κ3) is 6.20. The monoisotopic (exact) mass is 476 g/mol. The molecule has 0 spiro atoms. The summed E-state index contributed by atoms with van der Waals surface area (Å²) in [5, 5.41) is 0. The van der Waals surface area contributed by atoms with Crippen molar-refractivity contribution < 1.29 is 35.9 Å². The second-order valence-electron chi connectivity index (χ2n) is 6.10. The van der Waals surface area contributed by atoms with Crippen LogP contribution in [0.5, 0.6) is 0 Å². The van der Waals surface area contributed by atoms with Gasteiger partial charge >= 0.3 is 11.5 Å². The highest BCUT2D eigenvalue weighted by atomic mass is 32.2. The van der Waals surface area contributed by atoms with Gasteiger partial charge in [0.25, 0.3) is 5.91 Å². The number of sulfone groups is 1. The van der Waals surface area contributed by atoms with E-state index in [2.05, 4.69) is 4.98 Å². The van der Waals surface area contributed by atoms with Crippen LogP contribution in [-0.2, 0) is 14.6 Å². The van der Waals surface area contributed by atoms with Gasteiger partial charge < -0.3 is 9.64 Å². The van der Waals surface area contributed by atoms with E-state index in [1.165, 1.54) is 38.2 Å². The van der Waals surface area contributed by atoms with Crippen LogP contribution >= 0.6 is 11.8 Å². The minimum absolute atomic E-state index is 0.0664. The Labute approximate surface area is 181 Å². The van der Waals surface area contributed by atoms with Crippen LogP contribution in [0.25, 0.3) is 0 Å². The normalized spacial score (nSPS) is 11.8. The molecule has 1 aromatic carbocycles. The Hall–Kier alpha value is -2.60. The van der Waals surface area contributed by atoms with Crippen molar-refractivity contribution in [1.82, 2.24) is 4.98 Å². The summed E-state index contributed by atoms with van der Waals surface area (Å²) in [5.41, 5.74) is -4.75. The van der Waals surface area contributed by atoms with Crippen molar-refractivity contribution in [3.05, 3.63) is 47.8 Å². The molecule has 0 aliphatic carbocycles. The molecule has 0 saturated carbocycles. The number of rotatable bonds is 7. The first-order valence-electron chi connectivity index (χ1n) is 8.93. The van der Waals surface area contributed by atoms with Crippen LogP contribution in [0, 0.1) is 0 Å². The lowest BCUT2D eigenvalue weighted by Crippen LogP contribution is -2.29. The van der Waals surface area contributed by atoms with Gasteiger partial charge in [-0.25, -0.2) is 18.2 Å². The van der Waals surface area contributed by atoms with Gasteiger partial charge in [-0.3, -0.25) is 4.79 Å². The van der Waals surface area contributed by atoms with E-state index in [4.69, 9.17) is 4.74 Å². The van der Waals surface area contributed by atoms with Gasteiger partial charge in [0, 0.05) is 23.8 Å². The van der Waals surface area contributed by atoms with E-state index in [9.17, 15) is 31.2 Å². The zero-order valence-electron chi connectivity index (χ0n) is 16.8. The first-order valence-corrected chi connectivity index (χ1v) is 11.4. The Morgan fingerprint density at radius 3 is 2.29 bits per heavy atom. The van der Waals surface area contributed by atoms with Gasteiger partial charge in [0.15, 0.2) is 9.84 Å². The van der Waals surface area contributed by atoms with Crippen LogP contribution in [0.3, 0.4) is 0 Å². The molecule has 2 aromatic rings. The van der Waals surface area contributed by atoms with Gasteiger partial charge in [-0.05, 0) is 49.0 Å². The van der Waals surface area contributed by atoms with Crippen LogP contribution in [0.2, 0.25) is 0 Å². The predicted octanol–water partition coefficient (Wildman–Crippen LogP) is 3.94. The first-order chi connectivity index (χ1) is 14.4. The molecular weight excluding hydrogens is 457 g/mol. The van der Waals surface area contributed by atoms with Crippen LogP contribution < -0.4 is 4.90 Å². The summed E-state index contributed by atoms with van der Waals surface area (Å²) >= 11 is -0.296. The summed E-state index contributed by atoms with van der Waals surface area (Å²) in [5.74, 6) is -1.93. The Balaban J connectivity index is 2.42. The van der Waals surface area contributed by atoms with Crippen LogP contribution in [-0.4, -0.2) is 50.2 Å². The third-order valence-corrected chi connectivity index (χ3v) is 6.52. The molecule has 2 rings (SSSR count). The van der Waals surface area contributed by atoms with Gasteiger partial charge in [0.05, 0.1) is 22.8 Å². The zero-order chi connectivity index (χ0) is 23.4. The van der Waals surface area contributed by atoms with Crippen molar-refractivity contribution in [3.63, 3.8) is 0 Å². The molecule has 0 aliphatic rings. The maximum Gasteiger partial charge on any atom is 0.446 e. The molecule has 0 saturated heterocycles. The van der Waals surface area contributed by atoms with Crippen molar-refractivity contribution in [1.29, 1.82) is 0 Å². The Bertz CT molecular complexity index is 1070. The van der Waals surface area contributed by atoms with Crippen molar-refractivity contribution in [2.24, 2.45) is 0 Å². The number of alkyl halides is 3. The van der Waals surface area contributed by atoms with E-state index in [-0.39, 0.29) is 40.3 Å². The topological polar surface area (TPSA) is 93.6 Å². The number of aromatic nitrogens is 1. The molecule has 12 heteroatoms. The lowest BCUT2D eigenvalue weighted by molar-refractivity contribution is -0.0328. The number of thioether (sulfide) groups is 1. The van der Waals surface area contributed by atoms with Crippen molar-refractivity contribution in [2.45, 2.75) is 29.1 Å². The van der Waals surface area contributed by atoms with E-state index in [1.807, 2.05) is 0 Å². The molecule has 0 unspecified atom stereocenters. The average molecular weight is 476 g/mol. The smallest absolute Gasteiger partial charge is 0.446 e. The van der Waals surface area contributed by atoms with E-state index in [0.29, 0.717) is 0 Å². The lowest BCUT2D eigenvalue weighted by atomic mass is 10.2. The summed E-state index contributed by atoms with van der Waals surface area (Å²) < 4.78 is 67.3. The second-order valence-corrected chi connectivity index (χ2v) is 9.49. The largest absolute Gasteiger partial charge is 0.462 e. The fourth-order valence-electron chi connectivity index (χ4n) is 2.47. The van der Waals surface area contributed by atoms with Gasteiger partial charge in [-0.2, -0.15) is 13.2 Å². The molecule has 0 fully saturated rings. The van der Waals surface area contributed by atoms with Gasteiger partial charge in [0.1, 0.15) is 5.69 Å². The highest BCUT2D eigenvalue weighted by Gasteiger charge is 2.30. The van der Waals surface area contributed by atoms with Crippen LogP contribution in [0.15, 0.2) is 46.3 Å².